The van der Waals surface area contributed by atoms with Gasteiger partial charge in [0.2, 0.25) is 0 Å². The Morgan fingerprint density at radius 3 is 2.67 bits per heavy atom. The van der Waals surface area contributed by atoms with Crippen LogP contribution in [-0.2, 0) is 4.79 Å². The lowest BCUT2D eigenvalue weighted by atomic mass is 10.0. The smallest absolute Gasteiger partial charge is 0.266 e. The molecule has 0 bridgehead atoms. The molecule has 4 nitrogen and oxygen atoms in total. The molecule has 0 aromatic heterocycles. The molecule has 27 heavy (non-hydrogen) atoms. The average Bonchev–Trinajstić information content (AvgIpc) is 2.68. The van der Waals surface area contributed by atoms with E-state index in [1.165, 1.54) is 0 Å². The molecular weight excluding hydrogens is 360 g/mol. The quantitative estimate of drug-likeness (QED) is 0.492. The van der Waals surface area contributed by atoms with Crippen LogP contribution in [0.3, 0.4) is 0 Å². The molecule has 3 aromatic rings. The van der Waals surface area contributed by atoms with E-state index in [0.29, 0.717) is 22.0 Å². The van der Waals surface area contributed by atoms with Crippen LogP contribution in [0.4, 0.5) is 5.69 Å². The molecule has 5 heteroatoms. The Balaban J connectivity index is 2.01. The van der Waals surface area contributed by atoms with Crippen molar-refractivity contribution in [1.29, 1.82) is 5.26 Å². The van der Waals surface area contributed by atoms with E-state index in [-0.39, 0.29) is 5.57 Å². The van der Waals surface area contributed by atoms with Crippen molar-refractivity contribution >= 4 is 40.0 Å². The van der Waals surface area contributed by atoms with Crippen LogP contribution in [0.15, 0.2) is 60.2 Å². The number of hydrogen-bond donors (Lipinski definition) is 1. The summed E-state index contributed by atoms with van der Waals surface area (Å²) in [6.45, 7) is 1.88. The third-order valence-electron chi connectivity index (χ3n) is 4.23. The number of nitrogens with zero attached hydrogens (tertiary/aromatic N) is 1. The van der Waals surface area contributed by atoms with Gasteiger partial charge in [-0.3, -0.25) is 4.79 Å². The fraction of sp³-hybridized carbons (Fsp3) is 0.0909. The first-order chi connectivity index (χ1) is 13.0. The van der Waals surface area contributed by atoms with E-state index in [4.69, 9.17) is 16.3 Å². The fourth-order valence-corrected chi connectivity index (χ4v) is 2.94. The maximum atomic E-state index is 12.6. The second-order valence-corrected chi connectivity index (χ2v) is 6.40. The van der Waals surface area contributed by atoms with Gasteiger partial charge in [-0.05, 0) is 47.5 Å². The standard InChI is InChI=1S/C22H17ClN2O2/c1-14-7-9-17(12-20(14)23)25-22(26)16(13-24)11-19-18-6-4-3-5-15(18)8-10-21(19)27-2/h3-12H,1-2H3,(H,25,26)/b16-11+. The molecule has 134 valence electrons. The van der Waals surface area contributed by atoms with E-state index < -0.39 is 5.91 Å². The summed E-state index contributed by atoms with van der Waals surface area (Å²) < 4.78 is 5.42. The number of rotatable bonds is 4. The first-order valence-corrected chi connectivity index (χ1v) is 8.66. The number of fused-ring (bicyclic) bond motifs is 1. The highest BCUT2D eigenvalue weighted by molar-refractivity contribution is 6.31. The van der Waals surface area contributed by atoms with Gasteiger partial charge in [-0.2, -0.15) is 5.26 Å². The number of hydrogen-bond acceptors (Lipinski definition) is 3. The fourth-order valence-electron chi connectivity index (χ4n) is 2.76. The molecule has 1 amide bonds. The number of halogens is 1. The second-order valence-electron chi connectivity index (χ2n) is 5.99. The maximum Gasteiger partial charge on any atom is 0.266 e. The first-order valence-electron chi connectivity index (χ1n) is 8.28. The molecule has 0 aliphatic heterocycles. The molecule has 0 fully saturated rings. The number of amides is 1. The zero-order valence-electron chi connectivity index (χ0n) is 14.9. The Bertz CT molecular complexity index is 1100. The van der Waals surface area contributed by atoms with E-state index in [0.717, 1.165) is 16.3 Å². The molecule has 0 aliphatic carbocycles. The van der Waals surface area contributed by atoms with Crippen molar-refractivity contribution in [3.63, 3.8) is 0 Å². The number of aryl methyl sites for hydroxylation is 1. The lowest BCUT2D eigenvalue weighted by Gasteiger charge is -2.10. The molecule has 3 rings (SSSR count). The molecule has 1 N–H and O–H groups in total. The third-order valence-corrected chi connectivity index (χ3v) is 4.64. The largest absolute Gasteiger partial charge is 0.496 e. The van der Waals surface area contributed by atoms with Crippen LogP contribution in [0.2, 0.25) is 5.02 Å². The number of ether oxygens (including phenoxy) is 1. The van der Waals surface area contributed by atoms with Crippen molar-refractivity contribution in [2.75, 3.05) is 12.4 Å². The number of anilines is 1. The van der Waals surface area contributed by atoms with Crippen LogP contribution < -0.4 is 10.1 Å². The summed E-state index contributed by atoms with van der Waals surface area (Å²) in [5, 5.41) is 14.7. The Kier molecular flexibility index (Phi) is 5.44. The van der Waals surface area contributed by atoms with Crippen molar-refractivity contribution in [3.05, 3.63) is 76.3 Å². The van der Waals surface area contributed by atoms with Gasteiger partial charge in [0.25, 0.3) is 5.91 Å². The van der Waals surface area contributed by atoms with Gasteiger partial charge in [0.15, 0.2) is 0 Å². The van der Waals surface area contributed by atoms with Gasteiger partial charge < -0.3 is 10.1 Å². The van der Waals surface area contributed by atoms with Crippen LogP contribution in [0, 0.1) is 18.3 Å². The monoisotopic (exact) mass is 376 g/mol. The number of nitriles is 1. The van der Waals surface area contributed by atoms with Gasteiger partial charge >= 0.3 is 0 Å². The SMILES string of the molecule is COc1ccc2ccccc2c1/C=C(\C#N)C(=O)Nc1ccc(C)c(Cl)c1. The molecule has 0 saturated carbocycles. The minimum absolute atomic E-state index is 0.0265. The topological polar surface area (TPSA) is 62.1 Å². The molecule has 0 atom stereocenters. The van der Waals surface area contributed by atoms with Crippen LogP contribution >= 0.6 is 11.6 Å². The Hall–Kier alpha value is -3.29. The number of methoxy groups -OCH3 is 1. The first kappa shape index (κ1) is 18.5. The van der Waals surface area contributed by atoms with Gasteiger partial charge in [0, 0.05) is 16.3 Å². The van der Waals surface area contributed by atoms with Crippen LogP contribution in [0.1, 0.15) is 11.1 Å². The van der Waals surface area contributed by atoms with Crippen LogP contribution in [0.25, 0.3) is 16.8 Å². The van der Waals surface area contributed by atoms with Crippen LogP contribution in [0.5, 0.6) is 5.75 Å². The molecule has 0 radical (unpaired) electrons. The minimum Gasteiger partial charge on any atom is -0.496 e. The molecule has 0 heterocycles. The van der Waals surface area contributed by atoms with Crippen molar-refractivity contribution in [1.82, 2.24) is 0 Å². The molecular formula is C22H17ClN2O2. The predicted octanol–water partition coefficient (Wildman–Crippen LogP) is 5.36. The third kappa shape index (κ3) is 3.94. The molecule has 3 aromatic carbocycles. The average molecular weight is 377 g/mol. The minimum atomic E-state index is -0.507. The summed E-state index contributed by atoms with van der Waals surface area (Å²) in [6.07, 6.45) is 1.55. The zero-order chi connectivity index (χ0) is 19.4. The van der Waals surface area contributed by atoms with Gasteiger partial charge in [-0.25, -0.2) is 0 Å². The van der Waals surface area contributed by atoms with E-state index in [9.17, 15) is 10.1 Å². The number of carbonyl (C=O) groups excluding carboxylic acids is 1. The van der Waals surface area contributed by atoms with E-state index >= 15 is 0 Å². The van der Waals surface area contributed by atoms with Gasteiger partial charge in [-0.15, -0.1) is 0 Å². The van der Waals surface area contributed by atoms with Gasteiger partial charge in [0.1, 0.15) is 17.4 Å². The highest BCUT2D eigenvalue weighted by Crippen LogP contribution is 2.30. The Morgan fingerprint density at radius 1 is 1.19 bits per heavy atom. The van der Waals surface area contributed by atoms with Gasteiger partial charge in [0.05, 0.1) is 7.11 Å². The summed E-state index contributed by atoms with van der Waals surface area (Å²) in [7, 11) is 1.56. The summed E-state index contributed by atoms with van der Waals surface area (Å²) in [5.74, 6) is 0.0834. The molecule has 0 saturated heterocycles. The van der Waals surface area contributed by atoms with E-state index in [1.54, 1.807) is 31.4 Å². The molecule has 0 aliphatic rings. The second kappa shape index (κ2) is 7.94. The van der Waals surface area contributed by atoms with Crippen molar-refractivity contribution in [3.8, 4) is 11.8 Å². The summed E-state index contributed by atoms with van der Waals surface area (Å²) in [4.78, 5) is 12.6. The van der Waals surface area contributed by atoms with Crippen molar-refractivity contribution < 1.29 is 9.53 Å². The molecule has 0 spiro atoms. The maximum absolute atomic E-state index is 12.6. The highest BCUT2D eigenvalue weighted by atomic mass is 35.5. The Morgan fingerprint density at radius 2 is 1.96 bits per heavy atom. The zero-order valence-corrected chi connectivity index (χ0v) is 15.7. The van der Waals surface area contributed by atoms with Crippen molar-refractivity contribution in [2.45, 2.75) is 6.92 Å². The number of nitrogens with one attached hydrogen (secondary N) is 1. The normalized spacial score (nSPS) is 11.1. The highest BCUT2D eigenvalue weighted by Gasteiger charge is 2.13. The summed E-state index contributed by atoms with van der Waals surface area (Å²) in [5.41, 5.74) is 2.10. The lowest BCUT2D eigenvalue weighted by Crippen LogP contribution is -2.13. The van der Waals surface area contributed by atoms with E-state index in [2.05, 4.69) is 5.32 Å². The number of carbonyl (C=O) groups is 1. The lowest BCUT2D eigenvalue weighted by molar-refractivity contribution is -0.112. The van der Waals surface area contributed by atoms with Crippen LogP contribution in [-0.4, -0.2) is 13.0 Å². The van der Waals surface area contributed by atoms with Crippen molar-refractivity contribution in [2.24, 2.45) is 0 Å². The van der Waals surface area contributed by atoms with Gasteiger partial charge in [-0.1, -0.05) is 48.0 Å². The number of benzene rings is 3. The Labute approximate surface area is 162 Å². The summed E-state index contributed by atoms with van der Waals surface area (Å²) >= 11 is 6.10. The predicted molar refractivity (Wildman–Crippen MR) is 109 cm³/mol. The van der Waals surface area contributed by atoms with E-state index in [1.807, 2.05) is 49.4 Å². The molecule has 0 unspecified atom stereocenters. The summed E-state index contributed by atoms with van der Waals surface area (Å²) in [6, 6.07) is 18.7.